The Labute approximate surface area is 156 Å². The molecule has 0 radical (unpaired) electrons. The Balaban J connectivity index is 1.86. The van der Waals surface area contributed by atoms with Crippen LogP contribution in [0.3, 0.4) is 0 Å². The van der Waals surface area contributed by atoms with Gasteiger partial charge < -0.3 is 14.4 Å². The summed E-state index contributed by atoms with van der Waals surface area (Å²) < 4.78 is 6.98. The first-order valence-corrected chi connectivity index (χ1v) is 9.02. The fourth-order valence-corrected chi connectivity index (χ4v) is 3.84. The summed E-state index contributed by atoms with van der Waals surface area (Å²) in [5, 5.41) is 9.28. The van der Waals surface area contributed by atoms with E-state index in [1.54, 1.807) is 24.3 Å². The average Bonchev–Trinajstić information content (AvgIpc) is 3.34. The zero-order chi connectivity index (χ0) is 19.0. The van der Waals surface area contributed by atoms with E-state index in [1.807, 2.05) is 18.2 Å². The first kappa shape index (κ1) is 17.3. The van der Waals surface area contributed by atoms with Crippen molar-refractivity contribution in [2.45, 2.75) is 31.7 Å². The predicted octanol–water partition coefficient (Wildman–Crippen LogP) is 4.30. The summed E-state index contributed by atoms with van der Waals surface area (Å²) in [6, 6.07) is 12.6. The van der Waals surface area contributed by atoms with Crippen LogP contribution in [0.5, 0.6) is 0 Å². The molecule has 1 aliphatic carbocycles. The smallest absolute Gasteiger partial charge is 0.337 e. The van der Waals surface area contributed by atoms with Crippen LogP contribution in [0.2, 0.25) is 0 Å². The summed E-state index contributed by atoms with van der Waals surface area (Å²) in [6.07, 6.45) is 4.52. The number of aromatic nitrogens is 2. The molecule has 0 amide bonds. The minimum Gasteiger partial charge on any atom is -0.478 e. The fraction of sp³-hybridized carbons (Fsp3) is 0.286. The number of fused-ring (bicyclic) bond motifs is 1. The van der Waals surface area contributed by atoms with Crippen molar-refractivity contribution in [1.82, 2.24) is 9.55 Å². The molecular formula is C21H20N2O4. The molecule has 4 rings (SSSR count). The largest absolute Gasteiger partial charge is 0.478 e. The normalized spacial score (nSPS) is 14.6. The topological polar surface area (TPSA) is 81.4 Å². The van der Waals surface area contributed by atoms with E-state index in [4.69, 9.17) is 9.72 Å². The first-order chi connectivity index (χ1) is 13.1. The Morgan fingerprint density at radius 1 is 1.07 bits per heavy atom. The number of ether oxygens (including phenoxy) is 1. The number of esters is 1. The van der Waals surface area contributed by atoms with Gasteiger partial charge in [0.15, 0.2) is 0 Å². The summed E-state index contributed by atoms with van der Waals surface area (Å²) >= 11 is 0. The van der Waals surface area contributed by atoms with Crippen LogP contribution in [0, 0.1) is 0 Å². The number of carboxylic acids is 1. The molecule has 27 heavy (non-hydrogen) atoms. The molecule has 3 aromatic rings. The summed E-state index contributed by atoms with van der Waals surface area (Å²) in [5.41, 5.74) is 3.22. The number of benzene rings is 2. The standard InChI is InChI=1S/C21H20N2O4/c1-27-21(26)14-8-6-13(7-9-14)19-22-17-12-15(20(24)25)10-11-18(17)23(19)16-4-2-3-5-16/h6-12,16H,2-5H2,1H3,(H,24,25). The van der Waals surface area contributed by atoms with Crippen molar-refractivity contribution in [3.63, 3.8) is 0 Å². The van der Waals surface area contributed by atoms with Crippen LogP contribution in [0.4, 0.5) is 0 Å². The number of nitrogens with zero attached hydrogens (tertiary/aromatic N) is 2. The SMILES string of the molecule is COC(=O)c1ccc(-c2nc3cc(C(=O)O)ccc3n2C2CCCC2)cc1. The van der Waals surface area contributed by atoms with Crippen molar-refractivity contribution in [2.75, 3.05) is 7.11 Å². The lowest BCUT2D eigenvalue weighted by Crippen LogP contribution is -2.07. The van der Waals surface area contributed by atoms with Gasteiger partial charge >= 0.3 is 11.9 Å². The third kappa shape index (κ3) is 3.07. The van der Waals surface area contributed by atoms with Gasteiger partial charge in [-0.2, -0.15) is 0 Å². The Morgan fingerprint density at radius 3 is 2.37 bits per heavy atom. The van der Waals surface area contributed by atoms with E-state index >= 15 is 0 Å². The quantitative estimate of drug-likeness (QED) is 0.698. The number of carbonyl (C=O) groups is 2. The Morgan fingerprint density at radius 2 is 1.74 bits per heavy atom. The number of carboxylic acid groups (broad SMARTS) is 1. The number of aromatic carboxylic acids is 1. The number of imidazole rings is 1. The monoisotopic (exact) mass is 364 g/mol. The molecule has 1 aliphatic rings. The second-order valence-corrected chi connectivity index (χ2v) is 6.82. The number of hydrogen-bond donors (Lipinski definition) is 1. The van der Waals surface area contributed by atoms with Crippen LogP contribution in [0.15, 0.2) is 42.5 Å². The number of carbonyl (C=O) groups excluding carboxylic acids is 1. The Bertz CT molecular complexity index is 1010. The molecule has 1 heterocycles. The van der Waals surface area contributed by atoms with Gasteiger partial charge in [-0.05, 0) is 43.2 Å². The van der Waals surface area contributed by atoms with Gasteiger partial charge in [0.05, 0.1) is 29.3 Å². The molecule has 0 saturated heterocycles. The average molecular weight is 364 g/mol. The fourth-order valence-electron chi connectivity index (χ4n) is 3.84. The van der Waals surface area contributed by atoms with Crippen molar-refractivity contribution >= 4 is 23.0 Å². The number of hydrogen-bond acceptors (Lipinski definition) is 4. The van der Waals surface area contributed by atoms with Gasteiger partial charge in [-0.15, -0.1) is 0 Å². The minimum atomic E-state index is -0.962. The zero-order valence-corrected chi connectivity index (χ0v) is 15.0. The maximum atomic E-state index is 11.7. The molecule has 0 bridgehead atoms. The third-order valence-corrected chi connectivity index (χ3v) is 5.19. The van der Waals surface area contributed by atoms with Crippen LogP contribution in [0.1, 0.15) is 52.4 Å². The first-order valence-electron chi connectivity index (χ1n) is 9.02. The van der Waals surface area contributed by atoms with Gasteiger partial charge in [0.1, 0.15) is 5.82 Å². The van der Waals surface area contributed by atoms with Crippen LogP contribution >= 0.6 is 0 Å². The molecule has 0 unspecified atom stereocenters. The maximum Gasteiger partial charge on any atom is 0.337 e. The van der Waals surface area contributed by atoms with E-state index in [-0.39, 0.29) is 11.5 Å². The summed E-state index contributed by atoms with van der Waals surface area (Å²) in [7, 11) is 1.36. The number of methoxy groups -OCH3 is 1. The van der Waals surface area contributed by atoms with E-state index < -0.39 is 5.97 Å². The molecule has 6 heteroatoms. The molecule has 1 N–H and O–H groups in total. The zero-order valence-electron chi connectivity index (χ0n) is 15.0. The van der Waals surface area contributed by atoms with E-state index in [9.17, 15) is 14.7 Å². The number of rotatable bonds is 4. The highest BCUT2D eigenvalue weighted by molar-refractivity contribution is 5.93. The molecule has 0 aliphatic heterocycles. The Hall–Kier alpha value is -3.15. The van der Waals surface area contributed by atoms with Gasteiger partial charge in [0, 0.05) is 11.6 Å². The molecule has 1 fully saturated rings. The molecular weight excluding hydrogens is 344 g/mol. The van der Waals surface area contributed by atoms with Crippen molar-refractivity contribution < 1.29 is 19.4 Å². The second-order valence-electron chi connectivity index (χ2n) is 6.82. The van der Waals surface area contributed by atoms with Crippen LogP contribution in [0.25, 0.3) is 22.4 Å². The minimum absolute atomic E-state index is 0.228. The van der Waals surface area contributed by atoms with Gasteiger partial charge in [0.25, 0.3) is 0 Å². The van der Waals surface area contributed by atoms with Gasteiger partial charge in [-0.25, -0.2) is 14.6 Å². The summed E-state index contributed by atoms with van der Waals surface area (Å²) in [6.45, 7) is 0. The lowest BCUT2D eigenvalue weighted by Gasteiger charge is -2.16. The summed E-state index contributed by atoms with van der Waals surface area (Å²) in [5.74, 6) is -0.538. The summed E-state index contributed by atoms with van der Waals surface area (Å²) in [4.78, 5) is 27.7. The van der Waals surface area contributed by atoms with Crippen molar-refractivity contribution in [1.29, 1.82) is 0 Å². The van der Waals surface area contributed by atoms with E-state index in [2.05, 4.69) is 4.57 Å². The molecule has 6 nitrogen and oxygen atoms in total. The van der Waals surface area contributed by atoms with Crippen LogP contribution in [-0.2, 0) is 4.74 Å². The maximum absolute atomic E-state index is 11.7. The van der Waals surface area contributed by atoms with E-state index in [0.717, 1.165) is 29.7 Å². The lowest BCUT2D eigenvalue weighted by molar-refractivity contribution is 0.0600. The van der Waals surface area contributed by atoms with E-state index in [1.165, 1.54) is 20.0 Å². The van der Waals surface area contributed by atoms with Crippen LogP contribution < -0.4 is 0 Å². The van der Waals surface area contributed by atoms with Crippen molar-refractivity contribution in [2.24, 2.45) is 0 Å². The van der Waals surface area contributed by atoms with Crippen molar-refractivity contribution in [3.05, 3.63) is 53.6 Å². The molecule has 138 valence electrons. The predicted molar refractivity (Wildman–Crippen MR) is 101 cm³/mol. The molecule has 1 aromatic heterocycles. The van der Waals surface area contributed by atoms with Gasteiger partial charge in [-0.3, -0.25) is 0 Å². The van der Waals surface area contributed by atoms with Crippen LogP contribution in [-0.4, -0.2) is 33.7 Å². The molecule has 1 saturated carbocycles. The lowest BCUT2D eigenvalue weighted by atomic mass is 10.1. The highest BCUT2D eigenvalue weighted by Gasteiger charge is 2.24. The molecule has 0 spiro atoms. The van der Waals surface area contributed by atoms with E-state index in [0.29, 0.717) is 17.1 Å². The van der Waals surface area contributed by atoms with Gasteiger partial charge in [0.2, 0.25) is 0 Å². The Kier molecular flexibility index (Phi) is 4.39. The molecule has 0 atom stereocenters. The molecule has 2 aromatic carbocycles. The van der Waals surface area contributed by atoms with Crippen molar-refractivity contribution in [3.8, 4) is 11.4 Å². The highest BCUT2D eigenvalue weighted by atomic mass is 16.5. The highest BCUT2D eigenvalue weighted by Crippen LogP contribution is 2.37. The van der Waals surface area contributed by atoms with Gasteiger partial charge in [-0.1, -0.05) is 25.0 Å². The second kappa shape index (κ2) is 6.87. The third-order valence-electron chi connectivity index (χ3n) is 5.19.